The predicted molar refractivity (Wildman–Crippen MR) is 99.2 cm³/mol. The molecule has 1 aromatic carbocycles. The van der Waals surface area contributed by atoms with Crippen LogP contribution in [0.25, 0.3) is 0 Å². The van der Waals surface area contributed by atoms with Gasteiger partial charge in [-0.25, -0.2) is 0 Å². The molecule has 1 saturated heterocycles. The number of rotatable bonds is 6. The third-order valence-electron chi connectivity index (χ3n) is 5.17. The Bertz CT molecular complexity index is 769. The van der Waals surface area contributed by atoms with Gasteiger partial charge in [0, 0.05) is 44.4 Å². The maximum absolute atomic E-state index is 12.5. The van der Waals surface area contributed by atoms with Crippen molar-refractivity contribution in [1.29, 1.82) is 0 Å². The third-order valence-corrected chi connectivity index (χ3v) is 5.17. The average molecular weight is 354 g/mol. The van der Waals surface area contributed by atoms with Gasteiger partial charge in [-0.15, -0.1) is 0 Å². The first kappa shape index (κ1) is 18.2. The molecular formula is C20H26N4O2. The Kier molecular flexibility index (Phi) is 5.71. The van der Waals surface area contributed by atoms with E-state index in [1.807, 2.05) is 37.1 Å². The van der Waals surface area contributed by atoms with Gasteiger partial charge in [0.1, 0.15) is 0 Å². The second-order valence-corrected chi connectivity index (χ2v) is 6.91. The Balaban J connectivity index is 1.52. The summed E-state index contributed by atoms with van der Waals surface area (Å²) in [5.74, 6) is 0.0269. The molecular weight excluding hydrogens is 328 g/mol. The SMILES string of the molecule is Cc1c(CNC(=O)[C@@H]2CCC(=O)N(CCc3ccccc3)C2)cnn1C. The Hall–Kier alpha value is -2.63. The van der Waals surface area contributed by atoms with E-state index in [1.54, 1.807) is 10.9 Å². The summed E-state index contributed by atoms with van der Waals surface area (Å²) in [6.07, 6.45) is 3.67. The van der Waals surface area contributed by atoms with Crippen molar-refractivity contribution in [2.45, 2.75) is 32.7 Å². The molecule has 2 aromatic rings. The largest absolute Gasteiger partial charge is 0.352 e. The maximum atomic E-state index is 12.5. The van der Waals surface area contributed by atoms with Crippen LogP contribution in [0, 0.1) is 12.8 Å². The first-order valence-electron chi connectivity index (χ1n) is 9.11. The fraction of sp³-hybridized carbons (Fsp3) is 0.450. The van der Waals surface area contributed by atoms with Crippen molar-refractivity contribution in [2.24, 2.45) is 13.0 Å². The highest BCUT2D eigenvalue weighted by atomic mass is 16.2. The molecule has 26 heavy (non-hydrogen) atoms. The fourth-order valence-corrected chi connectivity index (χ4v) is 3.30. The van der Waals surface area contributed by atoms with Gasteiger partial charge < -0.3 is 10.2 Å². The lowest BCUT2D eigenvalue weighted by Crippen LogP contribution is -2.46. The summed E-state index contributed by atoms with van der Waals surface area (Å²) in [7, 11) is 1.89. The Morgan fingerprint density at radius 1 is 1.31 bits per heavy atom. The van der Waals surface area contributed by atoms with Crippen molar-refractivity contribution in [3.8, 4) is 0 Å². The van der Waals surface area contributed by atoms with Gasteiger partial charge in [-0.2, -0.15) is 5.10 Å². The van der Waals surface area contributed by atoms with Gasteiger partial charge in [0.05, 0.1) is 12.1 Å². The minimum Gasteiger partial charge on any atom is -0.352 e. The van der Waals surface area contributed by atoms with Crippen LogP contribution in [-0.4, -0.2) is 39.6 Å². The van der Waals surface area contributed by atoms with Crippen molar-refractivity contribution in [3.63, 3.8) is 0 Å². The molecule has 3 rings (SSSR count). The number of nitrogens with zero attached hydrogens (tertiary/aromatic N) is 3. The van der Waals surface area contributed by atoms with E-state index in [-0.39, 0.29) is 17.7 Å². The zero-order chi connectivity index (χ0) is 18.5. The average Bonchev–Trinajstić information content (AvgIpc) is 2.98. The summed E-state index contributed by atoms with van der Waals surface area (Å²) in [5, 5.41) is 7.20. The second-order valence-electron chi connectivity index (χ2n) is 6.91. The van der Waals surface area contributed by atoms with Gasteiger partial charge in [-0.05, 0) is 25.3 Å². The van der Waals surface area contributed by atoms with Crippen molar-refractivity contribution >= 4 is 11.8 Å². The van der Waals surface area contributed by atoms with Gasteiger partial charge in [-0.1, -0.05) is 30.3 Å². The minimum absolute atomic E-state index is 0.0189. The zero-order valence-corrected chi connectivity index (χ0v) is 15.4. The number of nitrogens with one attached hydrogen (secondary N) is 1. The van der Waals surface area contributed by atoms with E-state index >= 15 is 0 Å². The van der Waals surface area contributed by atoms with E-state index in [1.165, 1.54) is 5.56 Å². The number of carbonyl (C=O) groups excluding carboxylic acids is 2. The van der Waals surface area contributed by atoms with Gasteiger partial charge >= 0.3 is 0 Å². The number of aryl methyl sites for hydroxylation is 1. The number of hydrogen-bond acceptors (Lipinski definition) is 3. The lowest BCUT2D eigenvalue weighted by molar-refractivity contribution is -0.138. The van der Waals surface area contributed by atoms with Crippen molar-refractivity contribution in [3.05, 3.63) is 53.3 Å². The highest BCUT2D eigenvalue weighted by molar-refractivity contribution is 5.83. The molecule has 2 amide bonds. The van der Waals surface area contributed by atoms with E-state index in [0.717, 1.165) is 17.7 Å². The van der Waals surface area contributed by atoms with Crippen LogP contribution in [0.2, 0.25) is 0 Å². The summed E-state index contributed by atoms with van der Waals surface area (Å²) in [4.78, 5) is 26.6. The molecule has 1 atom stereocenters. The lowest BCUT2D eigenvalue weighted by atomic mass is 9.96. The molecule has 0 unspecified atom stereocenters. The Morgan fingerprint density at radius 3 is 2.77 bits per heavy atom. The van der Waals surface area contributed by atoms with Crippen molar-refractivity contribution < 1.29 is 9.59 Å². The van der Waals surface area contributed by atoms with Crippen LogP contribution in [0.5, 0.6) is 0 Å². The normalized spacial score (nSPS) is 17.4. The number of amides is 2. The van der Waals surface area contributed by atoms with E-state index in [0.29, 0.717) is 32.5 Å². The van der Waals surface area contributed by atoms with Crippen molar-refractivity contribution in [2.75, 3.05) is 13.1 Å². The molecule has 6 nitrogen and oxygen atoms in total. The summed E-state index contributed by atoms with van der Waals surface area (Å²) in [6, 6.07) is 10.1. The highest BCUT2D eigenvalue weighted by Gasteiger charge is 2.29. The third kappa shape index (κ3) is 4.31. The molecule has 2 heterocycles. The van der Waals surface area contributed by atoms with Gasteiger partial charge in [-0.3, -0.25) is 14.3 Å². The first-order valence-corrected chi connectivity index (χ1v) is 9.11. The molecule has 1 aliphatic heterocycles. The number of aromatic nitrogens is 2. The van der Waals surface area contributed by atoms with Crippen LogP contribution in [0.4, 0.5) is 0 Å². The van der Waals surface area contributed by atoms with Gasteiger partial charge in [0.25, 0.3) is 0 Å². The molecule has 1 aliphatic rings. The molecule has 1 fully saturated rings. The number of hydrogen-bond donors (Lipinski definition) is 1. The Labute approximate surface area is 154 Å². The van der Waals surface area contributed by atoms with Crippen LogP contribution in [0.3, 0.4) is 0 Å². The van der Waals surface area contributed by atoms with E-state index in [4.69, 9.17) is 0 Å². The summed E-state index contributed by atoms with van der Waals surface area (Å²) >= 11 is 0. The molecule has 6 heteroatoms. The maximum Gasteiger partial charge on any atom is 0.225 e. The molecule has 1 aromatic heterocycles. The summed E-state index contributed by atoms with van der Waals surface area (Å²) in [6.45, 7) is 3.63. The second kappa shape index (κ2) is 8.17. The van der Waals surface area contributed by atoms with Crippen LogP contribution >= 0.6 is 0 Å². The number of piperidine rings is 1. The fourth-order valence-electron chi connectivity index (χ4n) is 3.30. The van der Waals surface area contributed by atoms with Gasteiger partial charge in [0.2, 0.25) is 11.8 Å². The smallest absolute Gasteiger partial charge is 0.225 e. The summed E-state index contributed by atoms with van der Waals surface area (Å²) in [5.41, 5.74) is 3.28. The monoisotopic (exact) mass is 354 g/mol. The quantitative estimate of drug-likeness (QED) is 0.860. The minimum atomic E-state index is -0.138. The van der Waals surface area contributed by atoms with Crippen LogP contribution in [0.1, 0.15) is 29.7 Å². The first-order chi connectivity index (χ1) is 12.5. The van der Waals surface area contributed by atoms with E-state index in [2.05, 4.69) is 22.5 Å². The number of benzene rings is 1. The van der Waals surface area contributed by atoms with Crippen LogP contribution in [0.15, 0.2) is 36.5 Å². The number of likely N-dealkylation sites (tertiary alicyclic amines) is 1. The van der Waals surface area contributed by atoms with E-state index < -0.39 is 0 Å². The summed E-state index contributed by atoms with van der Waals surface area (Å²) < 4.78 is 1.80. The number of carbonyl (C=O) groups is 2. The molecule has 0 spiro atoms. The molecule has 0 bridgehead atoms. The van der Waals surface area contributed by atoms with Gasteiger partial charge in [0.15, 0.2) is 0 Å². The molecule has 138 valence electrons. The molecule has 0 saturated carbocycles. The predicted octanol–water partition coefficient (Wildman–Crippen LogP) is 1.83. The lowest BCUT2D eigenvalue weighted by Gasteiger charge is -2.32. The molecule has 0 aliphatic carbocycles. The topological polar surface area (TPSA) is 67.2 Å². The highest BCUT2D eigenvalue weighted by Crippen LogP contribution is 2.19. The van der Waals surface area contributed by atoms with Crippen LogP contribution in [-0.2, 0) is 29.6 Å². The van der Waals surface area contributed by atoms with Crippen molar-refractivity contribution in [1.82, 2.24) is 20.0 Å². The van der Waals surface area contributed by atoms with Crippen LogP contribution < -0.4 is 5.32 Å². The zero-order valence-electron chi connectivity index (χ0n) is 15.4. The Morgan fingerprint density at radius 2 is 2.08 bits per heavy atom. The molecule has 1 N–H and O–H groups in total. The standard InChI is InChI=1S/C20H26N4O2/c1-15-18(13-22-23(15)2)12-21-20(26)17-8-9-19(25)24(14-17)11-10-16-6-4-3-5-7-16/h3-7,13,17H,8-12,14H2,1-2H3,(H,21,26)/t17-/m1/s1. The molecule has 0 radical (unpaired) electrons. The van der Waals surface area contributed by atoms with E-state index in [9.17, 15) is 9.59 Å².